The molecule has 2 heteroatoms. The molecule has 2 nitrogen and oxygen atoms in total. The summed E-state index contributed by atoms with van der Waals surface area (Å²) in [4.78, 5) is 13.0. The van der Waals surface area contributed by atoms with Gasteiger partial charge >= 0.3 is 0 Å². The highest BCUT2D eigenvalue weighted by atomic mass is 16.1. The zero-order chi connectivity index (χ0) is 9.80. The Morgan fingerprint density at radius 2 is 1.64 bits per heavy atom. The first-order valence-electron chi connectivity index (χ1n) is 6.13. The summed E-state index contributed by atoms with van der Waals surface area (Å²) in [6.45, 7) is 1.00. The third-order valence-electron chi connectivity index (χ3n) is 3.92. The predicted octanol–water partition coefficient (Wildman–Crippen LogP) is 2.58. The van der Waals surface area contributed by atoms with Gasteiger partial charge in [-0.2, -0.15) is 0 Å². The lowest BCUT2D eigenvalue weighted by Crippen LogP contribution is -2.43. The Hall–Kier alpha value is -0.530. The molecular formula is C12H21NO. The zero-order valence-corrected chi connectivity index (χ0v) is 8.95. The predicted molar refractivity (Wildman–Crippen MR) is 57.0 cm³/mol. The van der Waals surface area contributed by atoms with Gasteiger partial charge in [-0.25, -0.2) is 0 Å². The monoisotopic (exact) mass is 195 g/mol. The van der Waals surface area contributed by atoms with Gasteiger partial charge < -0.3 is 4.90 Å². The summed E-state index contributed by atoms with van der Waals surface area (Å²) in [6, 6.07) is 0.585. The van der Waals surface area contributed by atoms with Gasteiger partial charge in [-0.05, 0) is 38.0 Å². The van der Waals surface area contributed by atoms with Gasteiger partial charge in [-0.1, -0.05) is 19.3 Å². The Balaban J connectivity index is 1.94. The summed E-state index contributed by atoms with van der Waals surface area (Å²) in [5.74, 6) is 0.814. The largest absolute Gasteiger partial charge is 0.342 e. The fourth-order valence-electron chi connectivity index (χ4n) is 3.14. The van der Waals surface area contributed by atoms with Crippen molar-refractivity contribution in [3.05, 3.63) is 0 Å². The quantitative estimate of drug-likeness (QED) is 0.620. The number of hydrogen-bond acceptors (Lipinski definition) is 1. The third-order valence-corrected chi connectivity index (χ3v) is 3.92. The second-order valence-electron chi connectivity index (χ2n) is 4.80. The van der Waals surface area contributed by atoms with Crippen LogP contribution >= 0.6 is 0 Å². The lowest BCUT2D eigenvalue weighted by Gasteiger charge is -2.39. The molecule has 0 bridgehead atoms. The van der Waals surface area contributed by atoms with Crippen LogP contribution in [0.1, 0.15) is 51.4 Å². The van der Waals surface area contributed by atoms with Crippen LogP contribution in [-0.2, 0) is 4.79 Å². The smallest absolute Gasteiger partial charge is 0.209 e. The van der Waals surface area contributed by atoms with Crippen LogP contribution in [-0.4, -0.2) is 23.9 Å². The molecule has 0 N–H and O–H groups in total. The van der Waals surface area contributed by atoms with E-state index in [0.29, 0.717) is 6.04 Å². The Morgan fingerprint density at radius 3 is 2.36 bits per heavy atom. The second kappa shape index (κ2) is 4.81. The number of hydrogen-bond donors (Lipinski definition) is 0. The third kappa shape index (κ3) is 2.10. The van der Waals surface area contributed by atoms with Crippen molar-refractivity contribution in [1.82, 2.24) is 4.90 Å². The summed E-state index contributed by atoms with van der Waals surface area (Å²) in [5.41, 5.74) is 0. The van der Waals surface area contributed by atoms with Gasteiger partial charge in [0.15, 0.2) is 0 Å². The number of amides is 1. The molecule has 1 atom stereocenters. The molecule has 0 aromatic rings. The van der Waals surface area contributed by atoms with Gasteiger partial charge in [0.05, 0.1) is 0 Å². The van der Waals surface area contributed by atoms with Crippen molar-refractivity contribution in [2.75, 3.05) is 6.54 Å². The first-order chi connectivity index (χ1) is 6.92. The molecule has 1 saturated heterocycles. The molecule has 1 aliphatic carbocycles. The van der Waals surface area contributed by atoms with E-state index in [4.69, 9.17) is 0 Å². The van der Waals surface area contributed by atoms with E-state index in [2.05, 4.69) is 4.90 Å². The highest BCUT2D eigenvalue weighted by Gasteiger charge is 2.29. The summed E-state index contributed by atoms with van der Waals surface area (Å²) < 4.78 is 0. The number of nitrogens with zero attached hydrogens (tertiary/aromatic N) is 1. The molecule has 1 amide bonds. The molecule has 0 aromatic carbocycles. The van der Waals surface area contributed by atoms with Crippen LogP contribution in [0.4, 0.5) is 0 Å². The minimum Gasteiger partial charge on any atom is -0.342 e. The lowest BCUT2D eigenvalue weighted by molar-refractivity contribution is -0.123. The van der Waals surface area contributed by atoms with E-state index in [0.717, 1.165) is 18.9 Å². The maximum Gasteiger partial charge on any atom is 0.209 e. The van der Waals surface area contributed by atoms with Crippen LogP contribution in [0.3, 0.4) is 0 Å². The van der Waals surface area contributed by atoms with Crippen LogP contribution in [0.5, 0.6) is 0 Å². The van der Waals surface area contributed by atoms with Gasteiger partial charge in [0.1, 0.15) is 0 Å². The molecule has 14 heavy (non-hydrogen) atoms. The van der Waals surface area contributed by atoms with Crippen LogP contribution in [0, 0.1) is 5.92 Å². The number of carbonyl (C=O) groups is 1. The van der Waals surface area contributed by atoms with E-state index in [9.17, 15) is 4.79 Å². The van der Waals surface area contributed by atoms with E-state index >= 15 is 0 Å². The Bertz CT molecular complexity index is 187. The number of likely N-dealkylation sites (tertiary alicyclic amines) is 1. The zero-order valence-electron chi connectivity index (χ0n) is 8.95. The molecule has 1 saturated carbocycles. The molecule has 2 fully saturated rings. The van der Waals surface area contributed by atoms with E-state index < -0.39 is 0 Å². The van der Waals surface area contributed by atoms with Crippen LogP contribution in [0.25, 0.3) is 0 Å². The Labute approximate surface area is 86.7 Å². The standard InChI is InChI=1S/C12H21NO/c14-10-13-9-5-4-8-12(13)11-6-2-1-3-7-11/h10-12H,1-9H2. The fraction of sp³-hybridized carbons (Fsp3) is 0.917. The van der Waals surface area contributed by atoms with Crippen LogP contribution in [0.15, 0.2) is 0 Å². The summed E-state index contributed by atoms with van der Waals surface area (Å²) in [7, 11) is 0. The Morgan fingerprint density at radius 1 is 0.929 bits per heavy atom. The molecule has 1 heterocycles. The maximum absolute atomic E-state index is 10.9. The van der Waals surface area contributed by atoms with Crippen molar-refractivity contribution in [2.24, 2.45) is 5.92 Å². The lowest BCUT2D eigenvalue weighted by atomic mass is 9.80. The minimum atomic E-state index is 0.585. The number of carbonyl (C=O) groups excluding carboxylic acids is 1. The number of rotatable bonds is 2. The van der Waals surface area contributed by atoms with Crippen molar-refractivity contribution in [1.29, 1.82) is 0 Å². The highest BCUT2D eigenvalue weighted by molar-refractivity contribution is 5.48. The SMILES string of the molecule is O=CN1CCCCC1C1CCCCC1. The van der Waals surface area contributed by atoms with E-state index in [1.807, 2.05) is 0 Å². The van der Waals surface area contributed by atoms with E-state index in [-0.39, 0.29) is 0 Å². The van der Waals surface area contributed by atoms with Crippen molar-refractivity contribution in [3.63, 3.8) is 0 Å². The van der Waals surface area contributed by atoms with Gasteiger partial charge in [0.2, 0.25) is 6.41 Å². The van der Waals surface area contributed by atoms with Gasteiger partial charge in [-0.3, -0.25) is 4.79 Å². The fourth-order valence-corrected chi connectivity index (χ4v) is 3.14. The number of piperidine rings is 1. The van der Waals surface area contributed by atoms with Gasteiger partial charge in [-0.15, -0.1) is 0 Å². The highest BCUT2D eigenvalue weighted by Crippen LogP contribution is 2.32. The summed E-state index contributed by atoms with van der Waals surface area (Å²) >= 11 is 0. The van der Waals surface area contributed by atoms with E-state index in [1.54, 1.807) is 0 Å². The molecule has 0 spiro atoms. The van der Waals surface area contributed by atoms with E-state index in [1.165, 1.54) is 51.4 Å². The van der Waals surface area contributed by atoms with Crippen molar-refractivity contribution in [2.45, 2.75) is 57.4 Å². The van der Waals surface area contributed by atoms with Gasteiger partial charge in [0.25, 0.3) is 0 Å². The minimum absolute atomic E-state index is 0.585. The molecule has 80 valence electrons. The first kappa shape index (κ1) is 10.0. The van der Waals surface area contributed by atoms with Gasteiger partial charge in [0, 0.05) is 12.6 Å². The molecule has 1 aliphatic heterocycles. The maximum atomic E-state index is 10.9. The molecule has 0 aromatic heterocycles. The van der Waals surface area contributed by atoms with Crippen LogP contribution in [0.2, 0.25) is 0 Å². The van der Waals surface area contributed by atoms with Crippen molar-refractivity contribution >= 4 is 6.41 Å². The van der Waals surface area contributed by atoms with Crippen molar-refractivity contribution < 1.29 is 4.79 Å². The molecule has 2 rings (SSSR count). The first-order valence-corrected chi connectivity index (χ1v) is 6.13. The average Bonchev–Trinajstić information content (AvgIpc) is 2.30. The normalized spacial score (nSPS) is 30.3. The second-order valence-corrected chi connectivity index (χ2v) is 4.80. The average molecular weight is 195 g/mol. The molecule has 2 aliphatic rings. The summed E-state index contributed by atoms with van der Waals surface area (Å²) in [5, 5.41) is 0. The molecule has 0 radical (unpaired) electrons. The van der Waals surface area contributed by atoms with Crippen molar-refractivity contribution in [3.8, 4) is 0 Å². The molecular weight excluding hydrogens is 174 g/mol. The topological polar surface area (TPSA) is 20.3 Å². The Kier molecular flexibility index (Phi) is 3.44. The summed E-state index contributed by atoms with van der Waals surface area (Å²) in [6.07, 6.45) is 11.8. The molecule has 1 unspecified atom stereocenters. The van der Waals surface area contributed by atoms with Crippen LogP contribution < -0.4 is 0 Å².